The van der Waals surface area contributed by atoms with Gasteiger partial charge in [0.25, 0.3) is 5.91 Å². The molecular weight excluding hydrogens is 268 g/mol. The average molecular weight is 286 g/mol. The molecule has 3 heterocycles. The van der Waals surface area contributed by atoms with Crippen LogP contribution in [0.5, 0.6) is 0 Å². The summed E-state index contributed by atoms with van der Waals surface area (Å²) >= 11 is 0. The fourth-order valence-corrected chi connectivity index (χ4v) is 2.78. The predicted octanol–water partition coefficient (Wildman–Crippen LogP) is 2.27. The number of nitrogens with zero attached hydrogens (tertiary/aromatic N) is 3. The van der Waals surface area contributed by atoms with Gasteiger partial charge in [0.15, 0.2) is 11.5 Å². The average Bonchev–Trinajstić information content (AvgIpc) is 3.01. The molecule has 6 heteroatoms. The molecule has 2 aromatic rings. The van der Waals surface area contributed by atoms with E-state index in [4.69, 9.17) is 10.2 Å². The van der Waals surface area contributed by atoms with Crippen molar-refractivity contribution in [2.75, 3.05) is 12.3 Å². The monoisotopic (exact) mass is 286 g/mol. The fourth-order valence-electron chi connectivity index (χ4n) is 2.78. The number of rotatable bonds is 2. The lowest BCUT2D eigenvalue weighted by atomic mass is 9.91. The van der Waals surface area contributed by atoms with E-state index in [9.17, 15) is 4.79 Å². The SMILES string of the molecule is CC1CCN(C(=O)c2nccnc2N)C(c2ccco2)C1. The van der Waals surface area contributed by atoms with Gasteiger partial charge in [-0.25, -0.2) is 9.97 Å². The summed E-state index contributed by atoms with van der Waals surface area (Å²) < 4.78 is 5.51. The zero-order valence-electron chi connectivity index (χ0n) is 11.9. The van der Waals surface area contributed by atoms with Gasteiger partial charge in [0, 0.05) is 18.9 Å². The van der Waals surface area contributed by atoms with Crippen LogP contribution in [0, 0.1) is 5.92 Å². The summed E-state index contributed by atoms with van der Waals surface area (Å²) in [5, 5.41) is 0. The van der Waals surface area contributed by atoms with Crippen molar-refractivity contribution < 1.29 is 9.21 Å². The standard InChI is InChI=1S/C15H18N4O2/c1-10-4-7-19(11(9-10)12-3-2-8-21-12)15(20)13-14(16)18-6-5-17-13/h2-3,5-6,8,10-11H,4,7,9H2,1H3,(H2,16,18). The van der Waals surface area contributed by atoms with Crippen LogP contribution in [0.15, 0.2) is 35.2 Å². The Balaban J connectivity index is 1.91. The molecule has 0 spiro atoms. The first-order valence-corrected chi connectivity index (χ1v) is 7.07. The molecule has 0 bridgehead atoms. The minimum absolute atomic E-state index is 0.0716. The Hall–Kier alpha value is -2.37. The lowest BCUT2D eigenvalue weighted by molar-refractivity contribution is 0.0516. The number of anilines is 1. The van der Waals surface area contributed by atoms with Crippen molar-refractivity contribution in [1.29, 1.82) is 0 Å². The second-order valence-corrected chi connectivity index (χ2v) is 5.45. The highest BCUT2D eigenvalue weighted by molar-refractivity contribution is 5.96. The van der Waals surface area contributed by atoms with Gasteiger partial charge in [0.2, 0.25) is 0 Å². The van der Waals surface area contributed by atoms with Crippen LogP contribution in [-0.2, 0) is 0 Å². The van der Waals surface area contributed by atoms with Crippen molar-refractivity contribution in [1.82, 2.24) is 14.9 Å². The molecule has 2 aromatic heterocycles. The summed E-state index contributed by atoms with van der Waals surface area (Å²) in [7, 11) is 0. The number of hydrogen-bond acceptors (Lipinski definition) is 5. The van der Waals surface area contributed by atoms with E-state index in [0.717, 1.165) is 18.6 Å². The van der Waals surface area contributed by atoms with E-state index in [2.05, 4.69) is 16.9 Å². The molecule has 21 heavy (non-hydrogen) atoms. The molecule has 1 aliphatic heterocycles. The molecule has 0 radical (unpaired) electrons. The van der Waals surface area contributed by atoms with Gasteiger partial charge in [-0.2, -0.15) is 0 Å². The van der Waals surface area contributed by atoms with Gasteiger partial charge in [-0.15, -0.1) is 0 Å². The molecule has 1 saturated heterocycles. The van der Waals surface area contributed by atoms with Gasteiger partial charge in [-0.3, -0.25) is 4.79 Å². The molecule has 0 aromatic carbocycles. The van der Waals surface area contributed by atoms with Crippen molar-refractivity contribution in [3.63, 3.8) is 0 Å². The highest BCUT2D eigenvalue weighted by Gasteiger charge is 2.34. The summed E-state index contributed by atoms with van der Waals surface area (Å²) in [6, 6.07) is 3.68. The molecule has 2 unspecified atom stereocenters. The van der Waals surface area contributed by atoms with Gasteiger partial charge in [0.05, 0.1) is 12.3 Å². The molecule has 1 aliphatic rings. The maximum Gasteiger partial charge on any atom is 0.276 e. The number of nitrogens with two attached hydrogens (primary N) is 1. The molecule has 2 N–H and O–H groups in total. The zero-order valence-corrected chi connectivity index (χ0v) is 11.9. The number of aromatic nitrogens is 2. The van der Waals surface area contributed by atoms with Gasteiger partial charge in [-0.05, 0) is 30.9 Å². The van der Waals surface area contributed by atoms with Crippen LogP contribution >= 0.6 is 0 Å². The highest BCUT2D eigenvalue weighted by Crippen LogP contribution is 2.35. The summed E-state index contributed by atoms with van der Waals surface area (Å²) in [6.45, 7) is 2.86. The number of likely N-dealkylation sites (tertiary alicyclic amines) is 1. The molecule has 6 nitrogen and oxygen atoms in total. The van der Waals surface area contributed by atoms with Crippen molar-refractivity contribution >= 4 is 11.7 Å². The van der Waals surface area contributed by atoms with Crippen molar-refractivity contribution in [3.8, 4) is 0 Å². The van der Waals surface area contributed by atoms with Crippen LogP contribution in [0.3, 0.4) is 0 Å². The lowest BCUT2D eigenvalue weighted by Crippen LogP contribution is -2.41. The van der Waals surface area contributed by atoms with Crippen LogP contribution in [-0.4, -0.2) is 27.3 Å². The number of furan rings is 1. The molecule has 3 rings (SSSR count). The van der Waals surface area contributed by atoms with Gasteiger partial charge >= 0.3 is 0 Å². The van der Waals surface area contributed by atoms with Crippen molar-refractivity contribution in [3.05, 3.63) is 42.2 Å². The number of nitrogen functional groups attached to an aromatic ring is 1. The molecule has 110 valence electrons. The third-order valence-electron chi connectivity index (χ3n) is 3.93. The minimum Gasteiger partial charge on any atom is -0.467 e. The number of carbonyl (C=O) groups is 1. The maximum absolute atomic E-state index is 12.7. The van der Waals surface area contributed by atoms with Crippen LogP contribution in [0.2, 0.25) is 0 Å². The Morgan fingerprint density at radius 1 is 1.43 bits per heavy atom. The van der Waals surface area contributed by atoms with E-state index in [1.54, 1.807) is 11.2 Å². The molecule has 2 atom stereocenters. The number of carbonyl (C=O) groups excluding carboxylic acids is 1. The Bertz CT molecular complexity index is 626. The predicted molar refractivity (Wildman–Crippen MR) is 77.3 cm³/mol. The van der Waals surface area contributed by atoms with Crippen LogP contribution < -0.4 is 5.73 Å². The summed E-state index contributed by atoms with van der Waals surface area (Å²) in [5.41, 5.74) is 5.99. The van der Waals surface area contributed by atoms with E-state index < -0.39 is 0 Å². The minimum atomic E-state index is -0.186. The topological polar surface area (TPSA) is 85.2 Å². The first-order chi connectivity index (χ1) is 10.2. The molecule has 1 fully saturated rings. The summed E-state index contributed by atoms with van der Waals surface area (Å²) in [5.74, 6) is 1.33. The maximum atomic E-state index is 12.7. The Morgan fingerprint density at radius 3 is 2.95 bits per heavy atom. The van der Waals surface area contributed by atoms with Gasteiger partial charge < -0.3 is 15.1 Å². The van der Waals surface area contributed by atoms with E-state index in [-0.39, 0.29) is 23.5 Å². The summed E-state index contributed by atoms with van der Waals surface area (Å²) in [4.78, 5) is 22.5. The van der Waals surface area contributed by atoms with E-state index >= 15 is 0 Å². The summed E-state index contributed by atoms with van der Waals surface area (Å²) in [6.07, 6.45) is 6.43. The largest absolute Gasteiger partial charge is 0.467 e. The van der Waals surface area contributed by atoms with Gasteiger partial charge in [-0.1, -0.05) is 6.92 Å². The number of amides is 1. The van der Waals surface area contributed by atoms with E-state index in [1.807, 2.05) is 12.1 Å². The quantitative estimate of drug-likeness (QED) is 0.915. The van der Waals surface area contributed by atoms with Crippen molar-refractivity contribution in [2.24, 2.45) is 5.92 Å². The zero-order chi connectivity index (χ0) is 14.8. The Kier molecular flexibility index (Phi) is 3.60. The highest BCUT2D eigenvalue weighted by atomic mass is 16.3. The van der Waals surface area contributed by atoms with E-state index in [0.29, 0.717) is 12.5 Å². The van der Waals surface area contributed by atoms with Crippen LogP contribution in [0.1, 0.15) is 42.1 Å². The smallest absolute Gasteiger partial charge is 0.276 e. The van der Waals surface area contributed by atoms with E-state index in [1.165, 1.54) is 12.4 Å². The normalized spacial score (nSPS) is 22.2. The van der Waals surface area contributed by atoms with Crippen LogP contribution in [0.25, 0.3) is 0 Å². The molecular formula is C15H18N4O2. The van der Waals surface area contributed by atoms with Crippen molar-refractivity contribution in [2.45, 2.75) is 25.8 Å². The Labute approximate surface area is 123 Å². The molecule has 1 amide bonds. The second kappa shape index (κ2) is 5.55. The number of hydrogen-bond donors (Lipinski definition) is 1. The molecule has 0 saturated carbocycles. The van der Waals surface area contributed by atoms with Gasteiger partial charge in [0.1, 0.15) is 5.76 Å². The number of piperidine rings is 1. The lowest BCUT2D eigenvalue weighted by Gasteiger charge is -2.37. The first kappa shape index (κ1) is 13.6. The third kappa shape index (κ3) is 2.61. The van der Waals surface area contributed by atoms with Crippen LogP contribution in [0.4, 0.5) is 5.82 Å². The molecule has 0 aliphatic carbocycles. The second-order valence-electron chi connectivity index (χ2n) is 5.45. The first-order valence-electron chi connectivity index (χ1n) is 7.07. The fraction of sp³-hybridized carbons (Fsp3) is 0.400. The third-order valence-corrected chi connectivity index (χ3v) is 3.93. The Morgan fingerprint density at radius 2 is 2.24 bits per heavy atom.